The van der Waals surface area contributed by atoms with Crippen LogP contribution >= 0.6 is 11.3 Å². The number of thiophene rings is 1. The number of carbonyl (C=O) groups is 1. The molecule has 0 spiro atoms. The molecule has 0 fully saturated rings. The van der Waals surface area contributed by atoms with E-state index in [0.717, 1.165) is 11.3 Å². The van der Waals surface area contributed by atoms with Crippen LogP contribution in [0.4, 0.5) is 4.39 Å². The highest BCUT2D eigenvalue weighted by Crippen LogP contribution is 2.22. The van der Waals surface area contributed by atoms with Crippen LogP contribution in [-0.4, -0.2) is 10.5 Å². The van der Waals surface area contributed by atoms with Gasteiger partial charge in [-0.1, -0.05) is 12.1 Å². The van der Waals surface area contributed by atoms with Gasteiger partial charge in [0.2, 0.25) is 0 Å². The van der Waals surface area contributed by atoms with Gasteiger partial charge in [-0.05, 0) is 48.2 Å². The molecule has 3 aromatic rings. The van der Waals surface area contributed by atoms with Crippen LogP contribution < -0.4 is 5.32 Å². The summed E-state index contributed by atoms with van der Waals surface area (Å²) < 4.78 is 14.9. The molecule has 5 heteroatoms. The third-order valence-corrected chi connectivity index (χ3v) is 4.35. The van der Waals surface area contributed by atoms with Gasteiger partial charge in [0, 0.05) is 12.4 Å². The van der Waals surface area contributed by atoms with Crippen molar-refractivity contribution >= 4 is 17.2 Å². The van der Waals surface area contributed by atoms with Gasteiger partial charge >= 0.3 is 0 Å². The highest BCUT2D eigenvalue weighted by Gasteiger charge is 2.17. The van der Waals surface area contributed by atoms with Gasteiger partial charge in [-0.2, -0.15) is 0 Å². The van der Waals surface area contributed by atoms with Crippen LogP contribution in [-0.2, 0) is 0 Å². The Labute approximate surface area is 132 Å². The van der Waals surface area contributed by atoms with Gasteiger partial charge in [-0.25, -0.2) is 4.39 Å². The largest absolute Gasteiger partial charge is 0.345 e. The molecule has 3 nitrogen and oxygen atoms in total. The van der Waals surface area contributed by atoms with Crippen molar-refractivity contribution in [2.75, 3.05) is 0 Å². The molecule has 22 heavy (non-hydrogen) atoms. The van der Waals surface area contributed by atoms with Crippen LogP contribution in [0.3, 0.4) is 0 Å². The van der Waals surface area contributed by atoms with Crippen LogP contribution in [0.1, 0.15) is 28.2 Å². The lowest BCUT2D eigenvalue weighted by atomic mass is 10.1. The lowest BCUT2D eigenvalue weighted by Crippen LogP contribution is -2.26. The molecule has 1 N–H and O–H groups in total. The monoisotopic (exact) mass is 314 g/mol. The average molecular weight is 314 g/mol. The van der Waals surface area contributed by atoms with Crippen molar-refractivity contribution in [3.8, 4) is 5.69 Å². The van der Waals surface area contributed by atoms with Crippen molar-refractivity contribution in [1.29, 1.82) is 0 Å². The molecular formula is C17H15FN2OS. The predicted octanol–water partition coefficient (Wildman–Crippen LogP) is 4.17. The number of aromatic nitrogens is 1. The van der Waals surface area contributed by atoms with Crippen molar-refractivity contribution in [2.24, 2.45) is 0 Å². The SMILES string of the molecule is CC(NC(=O)c1sccc1-n1cccc1)c1ccc(F)cc1. The molecular weight excluding hydrogens is 299 g/mol. The summed E-state index contributed by atoms with van der Waals surface area (Å²) in [7, 11) is 0. The van der Waals surface area contributed by atoms with Gasteiger partial charge in [0.15, 0.2) is 0 Å². The zero-order valence-corrected chi connectivity index (χ0v) is 12.8. The van der Waals surface area contributed by atoms with E-state index < -0.39 is 0 Å². The van der Waals surface area contributed by atoms with E-state index in [2.05, 4.69) is 5.32 Å². The topological polar surface area (TPSA) is 34.0 Å². The molecule has 1 aromatic carbocycles. The van der Waals surface area contributed by atoms with E-state index >= 15 is 0 Å². The number of nitrogens with one attached hydrogen (secondary N) is 1. The predicted molar refractivity (Wildman–Crippen MR) is 85.9 cm³/mol. The van der Waals surface area contributed by atoms with E-state index in [1.54, 1.807) is 12.1 Å². The Morgan fingerprint density at radius 2 is 1.86 bits per heavy atom. The summed E-state index contributed by atoms with van der Waals surface area (Å²) in [5, 5.41) is 4.85. The van der Waals surface area contributed by atoms with E-state index in [0.29, 0.717) is 4.88 Å². The molecule has 3 rings (SSSR count). The maximum Gasteiger partial charge on any atom is 0.263 e. The molecule has 2 aromatic heterocycles. The summed E-state index contributed by atoms with van der Waals surface area (Å²) in [4.78, 5) is 13.1. The van der Waals surface area contributed by atoms with E-state index in [9.17, 15) is 9.18 Å². The van der Waals surface area contributed by atoms with E-state index in [4.69, 9.17) is 0 Å². The second kappa shape index (κ2) is 6.15. The number of carbonyl (C=O) groups excluding carboxylic acids is 1. The first-order valence-corrected chi connectivity index (χ1v) is 7.80. The van der Waals surface area contributed by atoms with Gasteiger partial charge in [0.25, 0.3) is 5.91 Å². The lowest BCUT2D eigenvalue weighted by Gasteiger charge is -2.14. The van der Waals surface area contributed by atoms with Gasteiger partial charge in [0.05, 0.1) is 11.7 Å². The molecule has 1 amide bonds. The number of amides is 1. The summed E-state index contributed by atoms with van der Waals surface area (Å²) in [6.45, 7) is 1.88. The first kappa shape index (κ1) is 14.5. The molecule has 0 aliphatic rings. The molecule has 1 unspecified atom stereocenters. The highest BCUT2D eigenvalue weighted by molar-refractivity contribution is 7.12. The number of rotatable bonds is 4. The third kappa shape index (κ3) is 2.94. The van der Waals surface area contributed by atoms with Crippen molar-refractivity contribution in [1.82, 2.24) is 9.88 Å². The van der Waals surface area contributed by atoms with Crippen molar-refractivity contribution in [3.63, 3.8) is 0 Å². The van der Waals surface area contributed by atoms with Gasteiger partial charge in [-0.15, -0.1) is 11.3 Å². The summed E-state index contributed by atoms with van der Waals surface area (Å²) in [6, 6.07) is 11.7. The van der Waals surface area contributed by atoms with Gasteiger partial charge in [-0.3, -0.25) is 4.79 Å². The Balaban J connectivity index is 1.78. The fourth-order valence-electron chi connectivity index (χ4n) is 2.27. The maximum absolute atomic E-state index is 13.0. The molecule has 2 heterocycles. The molecule has 112 valence electrons. The molecule has 0 saturated heterocycles. The first-order chi connectivity index (χ1) is 10.6. The Hall–Kier alpha value is -2.40. The smallest absolute Gasteiger partial charge is 0.263 e. The number of nitrogens with zero attached hydrogens (tertiary/aromatic N) is 1. The summed E-state index contributed by atoms with van der Waals surface area (Å²) in [5.41, 5.74) is 1.73. The number of hydrogen-bond acceptors (Lipinski definition) is 2. The molecule has 0 aliphatic carbocycles. The summed E-state index contributed by atoms with van der Waals surface area (Å²) >= 11 is 1.40. The number of benzene rings is 1. The number of halogens is 1. The minimum Gasteiger partial charge on any atom is -0.345 e. The minimum absolute atomic E-state index is 0.129. The van der Waals surface area contributed by atoms with Crippen LogP contribution in [0.15, 0.2) is 60.2 Å². The fourth-order valence-corrected chi connectivity index (χ4v) is 3.06. The first-order valence-electron chi connectivity index (χ1n) is 6.92. The van der Waals surface area contributed by atoms with Gasteiger partial charge < -0.3 is 9.88 Å². The maximum atomic E-state index is 13.0. The van der Waals surface area contributed by atoms with Crippen LogP contribution in [0.25, 0.3) is 5.69 Å². The fraction of sp³-hybridized carbons (Fsp3) is 0.118. The van der Waals surface area contributed by atoms with Gasteiger partial charge in [0.1, 0.15) is 10.7 Å². The third-order valence-electron chi connectivity index (χ3n) is 3.45. The minimum atomic E-state index is -0.282. The standard InChI is InChI=1S/C17H15FN2OS/c1-12(13-4-6-14(18)7-5-13)19-17(21)16-15(8-11-22-16)20-9-2-3-10-20/h2-12H,1H3,(H,19,21). The van der Waals surface area contributed by atoms with E-state index in [1.807, 2.05) is 47.5 Å². The Kier molecular flexibility index (Phi) is 4.06. The second-order valence-corrected chi connectivity index (χ2v) is 5.89. The number of hydrogen-bond donors (Lipinski definition) is 1. The molecule has 1 atom stereocenters. The van der Waals surface area contributed by atoms with Crippen molar-refractivity contribution in [3.05, 3.63) is 76.5 Å². The van der Waals surface area contributed by atoms with Crippen LogP contribution in [0, 0.1) is 5.82 Å². The quantitative estimate of drug-likeness (QED) is 0.770. The van der Waals surface area contributed by atoms with Crippen LogP contribution in [0.2, 0.25) is 0 Å². The van der Waals surface area contributed by atoms with E-state index in [1.165, 1.54) is 23.5 Å². The van der Waals surface area contributed by atoms with E-state index in [-0.39, 0.29) is 17.8 Å². The van der Waals surface area contributed by atoms with Crippen molar-refractivity contribution in [2.45, 2.75) is 13.0 Å². The summed E-state index contributed by atoms with van der Waals surface area (Å²) in [6.07, 6.45) is 3.81. The summed E-state index contributed by atoms with van der Waals surface area (Å²) in [5.74, 6) is -0.411. The lowest BCUT2D eigenvalue weighted by molar-refractivity contribution is 0.0944. The molecule has 0 radical (unpaired) electrons. The van der Waals surface area contributed by atoms with Crippen LogP contribution in [0.5, 0.6) is 0 Å². The zero-order valence-electron chi connectivity index (χ0n) is 12.0. The zero-order chi connectivity index (χ0) is 15.5. The van der Waals surface area contributed by atoms with Crippen molar-refractivity contribution < 1.29 is 9.18 Å². The molecule has 0 bridgehead atoms. The average Bonchev–Trinajstić information content (AvgIpc) is 3.18. The Morgan fingerprint density at radius 1 is 1.18 bits per heavy atom. The molecule has 0 aliphatic heterocycles. The Morgan fingerprint density at radius 3 is 2.55 bits per heavy atom. The second-order valence-electron chi connectivity index (χ2n) is 4.97. The Bertz CT molecular complexity index is 762. The normalized spacial score (nSPS) is 12.1. The molecule has 0 saturated carbocycles. The highest BCUT2D eigenvalue weighted by atomic mass is 32.1.